The first kappa shape index (κ1) is 32.2. The normalized spacial score (nSPS) is 11.6. The van der Waals surface area contributed by atoms with Crippen LogP contribution in [-0.2, 0) is 0 Å². The third kappa shape index (κ3) is 5.46. The lowest BCUT2D eigenvalue weighted by atomic mass is 9.83. The molecule has 0 fully saturated rings. The van der Waals surface area contributed by atoms with Gasteiger partial charge in [-0.1, -0.05) is 182 Å². The number of hydrogen-bond donors (Lipinski definition) is 0. The number of fused-ring (bicyclic) bond motifs is 5. The lowest BCUT2D eigenvalue weighted by Crippen LogP contribution is -1.93. The highest BCUT2D eigenvalue weighted by atomic mass is 14.2. The second-order valence-electron chi connectivity index (χ2n) is 14.9. The summed E-state index contributed by atoms with van der Waals surface area (Å²) in [5, 5.41) is 12.5. The molecule has 0 aromatic heterocycles. The molecule has 0 bridgehead atoms. The maximum atomic E-state index is 2.45. The SMILES string of the molecule is c1ccc(-c2cc(-c3ccc4ccccc4c3)cc(-c3c4ccccc4c(-c4ccc5ccccc5c4)c4ccc(-c5cccc6ccccc56)cc34)c2)cc1. The van der Waals surface area contributed by atoms with E-state index in [2.05, 4.69) is 218 Å². The summed E-state index contributed by atoms with van der Waals surface area (Å²) < 4.78 is 0. The van der Waals surface area contributed by atoms with E-state index in [9.17, 15) is 0 Å². The fourth-order valence-electron chi connectivity index (χ4n) is 8.89. The standard InChI is InChI=1S/C56H36/c1-2-13-37(14-3-1)46-33-47(43-27-25-38-15-4-6-18-41(38)31-43)35-48(34-46)56-52-23-11-10-22-51(52)55(45-28-26-39-16-5-7-19-42(39)32-45)53-30-29-44(36-54(53)56)50-24-12-20-40-17-8-9-21-49(40)50/h1-36H. The van der Waals surface area contributed by atoms with Gasteiger partial charge in [0, 0.05) is 0 Å². The highest BCUT2D eigenvalue weighted by Gasteiger charge is 2.20. The van der Waals surface area contributed by atoms with Crippen LogP contribution in [0.5, 0.6) is 0 Å². The molecular weight excluding hydrogens is 673 g/mol. The van der Waals surface area contributed by atoms with E-state index in [1.54, 1.807) is 0 Å². The Bertz CT molecular complexity index is 3290. The van der Waals surface area contributed by atoms with Crippen molar-refractivity contribution in [2.45, 2.75) is 0 Å². The van der Waals surface area contributed by atoms with Crippen molar-refractivity contribution in [2.24, 2.45) is 0 Å². The molecule has 0 nitrogen and oxygen atoms in total. The Balaban J connectivity index is 1.25. The molecule has 11 aromatic rings. The van der Waals surface area contributed by atoms with Crippen LogP contribution in [0.15, 0.2) is 218 Å². The van der Waals surface area contributed by atoms with Gasteiger partial charge in [-0.3, -0.25) is 0 Å². The highest BCUT2D eigenvalue weighted by molar-refractivity contribution is 6.23. The molecule has 0 saturated heterocycles. The van der Waals surface area contributed by atoms with Gasteiger partial charge in [-0.15, -0.1) is 0 Å². The quantitative estimate of drug-likeness (QED) is 0.156. The molecule has 0 heterocycles. The Labute approximate surface area is 326 Å². The van der Waals surface area contributed by atoms with E-state index in [1.165, 1.54) is 109 Å². The molecule has 0 atom stereocenters. The Morgan fingerprint density at radius 2 is 0.661 bits per heavy atom. The van der Waals surface area contributed by atoms with Crippen LogP contribution < -0.4 is 0 Å². The average molecular weight is 709 g/mol. The minimum atomic E-state index is 1.20. The molecule has 0 heteroatoms. The van der Waals surface area contributed by atoms with E-state index in [4.69, 9.17) is 0 Å². The number of rotatable bonds is 5. The molecule has 0 unspecified atom stereocenters. The monoisotopic (exact) mass is 708 g/mol. The van der Waals surface area contributed by atoms with Crippen molar-refractivity contribution in [1.29, 1.82) is 0 Å². The Morgan fingerprint density at radius 3 is 1.38 bits per heavy atom. The van der Waals surface area contributed by atoms with Crippen LogP contribution in [0.4, 0.5) is 0 Å². The molecule has 0 aliphatic carbocycles. The van der Waals surface area contributed by atoms with Crippen LogP contribution >= 0.6 is 0 Å². The van der Waals surface area contributed by atoms with Crippen LogP contribution in [-0.4, -0.2) is 0 Å². The van der Waals surface area contributed by atoms with Crippen molar-refractivity contribution in [3.05, 3.63) is 218 Å². The van der Waals surface area contributed by atoms with E-state index in [0.29, 0.717) is 0 Å². The van der Waals surface area contributed by atoms with Crippen molar-refractivity contribution in [2.75, 3.05) is 0 Å². The Kier molecular flexibility index (Phi) is 7.60. The minimum absolute atomic E-state index is 1.20. The van der Waals surface area contributed by atoms with Crippen molar-refractivity contribution in [3.8, 4) is 55.6 Å². The maximum Gasteiger partial charge on any atom is -0.00257 e. The molecule has 56 heavy (non-hydrogen) atoms. The molecule has 0 aliphatic rings. The van der Waals surface area contributed by atoms with Gasteiger partial charge in [0.1, 0.15) is 0 Å². The third-order valence-corrected chi connectivity index (χ3v) is 11.6. The van der Waals surface area contributed by atoms with Gasteiger partial charge in [0.25, 0.3) is 0 Å². The van der Waals surface area contributed by atoms with Gasteiger partial charge in [-0.2, -0.15) is 0 Å². The minimum Gasteiger partial charge on any atom is -0.0622 e. The first-order chi connectivity index (χ1) is 27.7. The summed E-state index contributed by atoms with van der Waals surface area (Å²) >= 11 is 0. The van der Waals surface area contributed by atoms with E-state index < -0.39 is 0 Å². The lowest BCUT2D eigenvalue weighted by Gasteiger charge is -2.20. The summed E-state index contributed by atoms with van der Waals surface area (Å²) in [5.74, 6) is 0. The topological polar surface area (TPSA) is 0 Å². The van der Waals surface area contributed by atoms with E-state index in [-0.39, 0.29) is 0 Å². The van der Waals surface area contributed by atoms with Crippen LogP contribution in [0.25, 0.3) is 109 Å². The summed E-state index contributed by atoms with van der Waals surface area (Å²) in [5.41, 5.74) is 12.2. The Hall–Kier alpha value is -7.28. The van der Waals surface area contributed by atoms with Crippen LogP contribution in [0.1, 0.15) is 0 Å². The summed E-state index contributed by atoms with van der Waals surface area (Å²) in [6.07, 6.45) is 0. The average Bonchev–Trinajstić information content (AvgIpc) is 3.27. The van der Waals surface area contributed by atoms with E-state index >= 15 is 0 Å². The van der Waals surface area contributed by atoms with Crippen molar-refractivity contribution in [3.63, 3.8) is 0 Å². The van der Waals surface area contributed by atoms with Gasteiger partial charge in [-0.05, 0) is 146 Å². The Morgan fingerprint density at radius 1 is 0.179 bits per heavy atom. The first-order valence-electron chi connectivity index (χ1n) is 19.4. The van der Waals surface area contributed by atoms with Crippen molar-refractivity contribution < 1.29 is 0 Å². The highest BCUT2D eigenvalue weighted by Crippen LogP contribution is 2.47. The van der Waals surface area contributed by atoms with Crippen molar-refractivity contribution in [1.82, 2.24) is 0 Å². The molecule has 0 spiro atoms. The van der Waals surface area contributed by atoms with Gasteiger partial charge in [0.05, 0.1) is 0 Å². The smallest absolute Gasteiger partial charge is 0.00257 e. The molecule has 11 rings (SSSR count). The fourth-order valence-corrected chi connectivity index (χ4v) is 8.89. The molecule has 0 radical (unpaired) electrons. The van der Waals surface area contributed by atoms with Gasteiger partial charge in [-0.25, -0.2) is 0 Å². The predicted molar refractivity (Wildman–Crippen MR) is 241 cm³/mol. The van der Waals surface area contributed by atoms with Gasteiger partial charge in [0.2, 0.25) is 0 Å². The number of benzene rings is 11. The molecule has 0 saturated carbocycles. The zero-order valence-corrected chi connectivity index (χ0v) is 30.8. The molecule has 260 valence electrons. The second kappa shape index (κ2) is 13.2. The molecule has 11 aromatic carbocycles. The summed E-state index contributed by atoms with van der Waals surface area (Å²) in [7, 11) is 0. The summed E-state index contributed by atoms with van der Waals surface area (Å²) in [6.45, 7) is 0. The maximum absolute atomic E-state index is 2.45. The third-order valence-electron chi connectivity index (χ3n) is 11.6. The predicted octanol–water partition coefficient (Wildman–Crippen LogP) is 15.8. The van der Waals surface area contributed by atoms with Gasteiger partial charge >= 0.3 is 0 Å². The lowest BCUT2D eigenvalue weighted by molar-refractivity contribution is 1.59. The largest absolute Gasteiger partial charge is 0.0622 e. The second-order valence-corrected chi connectivity index (χ2v) is 14.9. The van der Waals surface area contributed by atoms with Crippen LogP contribution in [0, 0.1) is 0 Å². The molecular formula is C56H36. The van der Waals surface area contributed by atoms with Gasteiger partial charge < -0.3 is 0 Å². The van der Waals surface area contributed by atoms with E-state index in [1.807, 2.05) is 0 Å². The van der Waals surface area contributed by atoms with E-state index in [0.717, 1.165) is 0 Å². The number of hydrogen-bond acceptors (Lipinski definition) is 0. The molecule has 0 amide bonds. The van der Waals surface area contributed by atoms with Crippen LogP contribution in [0.3, 0.4) is 0 Å². The zero-order valence-electron chi connectivity index (χ0n) is 30.8. The van der Waals surface area contributed by atoms with Crippen molar-refractivity contribution >= 4 is 53.9 Å². The fraction of sp³-hybridized carbons (Fsp3) is 0. The first-order valence-corrected chi connectivity index (χ1v) is 19.4. The zero-order chi connectivity index (χ0) is 37.0. The molecule has 0 N–H and O–H groups in total. The van der Waals surface area contributed by atoms with Crippen LogP contribution in [0.2, 0.25) is 0 Å². The van der Waals surface area contributed by atoms with Gasteiger partial charge in [0.15, 0.2) is 0 Å². The summed E-state index contributed by atoms with van der Waals surface area (Å²) in [4.78, 5) is 0. The summed E-state index contributed by atoms with van der Waals surface area (Å²) in [6, 6.07) is 80.6. The molecule has 0 aliphatic heterocycles.